The van der Waals surface area contributed by atoms with Crippen LogP contribution in [-0.2, 0) is 18.9 Å². The minimum atomic E-state index is -0.629. The zero-order chi connectivity index (χ0) is 19.8. The molecule has 7 heteroatoms. The fraction of sp³-hybridized carbons (Fsp3) is 0.429. The van der Waals surface area contributed by atoms with Gasteiger partial charge in [0.15, 0.2) is 12.6 Å². The SMILES string of the molecule is Cc1ccc(C2O[C@H]3COC(c4ccc(Cl)c(Cl)c4)O[C@H]3[C@@H](CO)O2)cc1C. The highest BCUT2D eigenvalue weighted by Gasteiger charge is 2.45. The zero-order valence-corrected chi connectivity index (χ0v) is 17.1. The second-order valence-electron chi connectivity index (χ2n) is 7.15. The van der Waals surface area contributed by atoms with E-state index in [1.165, 1.54) is 5.56 Å². The van der Waals surface area contributed by atoms with Crippen LogP contribution in [0.2, 0.25) is 10.0 Å². The molecule has 2 saturated heterocycles. The number of aliphatic hydroxyl groups is 1. The fourth-order valence-corrected chi connectivity index (χ4v) is 3.77. The molecule has 0 aliphatic carbocycles. The van der Waals surface area contributed by atoms with E-state index in [9.17, 15) is 5.11 Å². The van der Waals surface area contributed by atoms with Crippen LogP contribution in [-0.4, -0.2) is 36.6 Å². The molecule has 2 aliphatic rings. The maximum atomic E-state index is 9.89. The summed E-state index contributed by atoms with van der Waals surface area (Å²) in [6.07, 6.45) is -2.54. The molecule has 2 aromatic rings. The van der Waals surface area contributed by atoms with Crippen LogP contribution in [0, 0.1) is 13.8 Å². The second kappa shape index (κ2) is 8.28. The summed E-state index contributed by atoms with van der Waals surface area (Å²) in [6, 6.07) is 11.3. The third-order valence-electron chi connectivity index (χ3n) is 5.22. The van der Waals surface area contributed by atoms with E-state index in [-0.39, 0.29) is 12.7 Å². The first-order valence-electron chi connectivity index (χ1n) is 9.17. The van der Waals surface area contributed by atoms with E-state index in [0.717, 1.165) is 16.7 Å². The van der Waals surface area contributed by atoms with Crippen molar-refractivity contribution in [1.29, 1.82) is 0 Å². The molecular weight excluding hydrogens is 403 g/mol. The second-order valence-corrected chi connectivity index (χ2v) is 7.96. The first-order valence-corrected chi connectivity index (χ1v) is 9.93. The van der Waals surface area contributed by atoms with E-state index in [1.54, 1.807) is 18.2 Å². The number of halogens is 2. The molecule has 5 atom stereocenters. The first-order chi connectivity index (χ1) is 13.5. The summed E-state index contributed by atoms with van der Waals surface area (Å²) in [5.41, 5.74) is 4.01. The van der Waals surface area contributed by atoms with E-state index < -0.39 is 24.8 Å². The Hall–Kier alpha value is -1.18. The van der Waals surface area contributed by atoms with E-state index >= 15 is 0 Å². The molecule has 0 saturated carbocycles. The predicted molar refractivity (Wildman–Crippen MR) is 106 cm³/mol. The molecule has 0 bridgehead atoms. The summed E-state index contributed by atoms with van der Waals surface area (Å²) in [7, 11) is 0. The van der Waals surface area contributed by atoms with Gasteiger partial charge in [0.1, 0.15) is 18.3 Å². The summed E-state index contributed by atoms with van der Waals surface area (Å²) in [5, 5.41) is 10.8. The number of aliphatic hydroxyl groups excluding tert-OH is 1. The molecule has 2 aromatic carbocycles. The van der Waals surface area contributed by atoms with Gasteiger partial charge in [-0.1, -0.05) is 47.5 Å². The Morgan fingerprint density at radius 1 is 0.893 bits per heavy atom. The molecule has 0 amide bonds. The quantitative estimate of drug-likeness (QED) is 0.785. The highest BCUT2D eigenvalue weighted by Crippen LogP contribution is 2.39. The van der Waals surface area contributed by atoms with Gasteiger partial charge in [-0.25, -0.2) is 0 Å². The summed E-state index contributed by atoms with van der Waals surface area (Å²) >= 11 is 12.1. The molecule has 150 valence electrons. The smallest absolute Gasteiger partial charge is 0.184 e. The maximum Gasteiger partial charge on any atom is 0.184 e. The molecule has 2 fully saturated rings. The van der Waals surface area contributed by atoms with Gasteiger partial charge >= 0.3 is 0 Å². The first kappa shape index (κ1) is 20.1. The van der Waals surface area contributed by atoms with Crippen molar-refractivity contribution < 1.29 is 24.1 Å². The Morgan fingerprint density at radius 2 is 1.64 bits per heavy atom. The monoisotopic (exact) mass is 424 g/mol. The Morgan fingerprint density at radius 3 is 2.36 bits per heavy atom. The Kier molecular flexibility index (Phi) is 5.95. The predicted octanol–water partition coefficient (Wildman–Crippen LogP) is 4.50. The van der Waals surface area contributed by atoms with Crippen LogP contribution >= 0.6 is 23.2 Å². The van der Waals surface area contributed by atoms with Gasteiger partial charge in [0.05, 0.1) is 23.3 Å². The van der Waals surface area contributed by atoms with E-state index in [4.69, 9.17) is 42.1 Å². The Balaban J connectivity index is 1.52. The standard InChI is InChI=1S/C21H22Cl2O5/c1-11-3-4-13(7-12(11)2)21-26-17(9-24)19-18(27-21)10-25-20(28-19)14-5-6-15(22)16(23)8-14/h3-8,17-21,24H,9-10H2,1-2H3/t17-,18+,19+,20?,21?/m1/s1. The highest BCUT2D eigenvalue weighted by molar-refractivity contribution is 6.42. The molecule has 0 radical (unpaired) electrons. The number of rotatable bonds is 3. The molecule has 0 aromatic heterocycles. The lowest BCUT2D eigenvalue weighted by Crippen LogP contribution is -2.55. The van der Waals surface area contributed by atoms with Gasteiger partial charge in [-0.05, 0) is 37.1 Å². The van der Waals surface area contributed by atoms with Gasteiger partial charge in [-0.3, -0.25) is 0 Å². The minimum absolute atomic E-state index is 0.181. The van der Waals surface area contributed by atoms with Gasteiger partial charge in [0.25, 0.3) is 0 Å². The van der Waals surface area contributed by atoms with Crippen LogP contribution in [0.4, 0.5) is 0 Å². The van der Waals surface area contributed by atoms with Crippen LogP contribution in [0.1, 0.15) is 34.8 Å². The van der Waals surface area contributed by atoms with Gasteiger partial charge < -0.3 is 24.1 Å². The molecule has 1 N–H and O–H groups in total. The van der Waals surface area contributed by atoms with Crippen molar-refractivity contribution in [2.45, 2.75) is 44.7 Å². The van der Waals surface area contributed by atoms with Crippen molar-refractivity contribution in [3.05, 3.63) is 68.7 Å². The molecule has 4 rings (SSSR count). The lowest BCUT2D eigenvalue weighted by atomic mass is 10.0. The van der Waals surface area contributed by atoms with E-state index in [0.29, 0.717) is 16.7 Å². The average Bonchev–Trinajstić information content (AvgIpc) is 2.70. The lowest BCUT2D eigenvalue weighted by molar-refractivity contribution is -0.366. The largest absolute Gasteiger partial charge is 0.394 e. The number of benzene rings is 2. The summed E-state index contributed by atoms with van der Waals surface area (Å²) in [4.78, 5) is 0. The average molecular weight is 425 g/mol. The molecule has 2 aliphatic heterocycles. The minimum Gasteiger partial charge on any atom is -0.394 e. The fourth-order valence-electron chi connectivity index (χ4n) is 3.47. The normalized spacial score (nSPS) is 30.1. The zero-order valence-electron chi connectivity index (χ0n) is 15.6. The maximum absolute atomic E-state index is 9.89. The topological polar surface area (TPSA) is 57.2 Å². The number of ether oxygens (including phenoxy) is 4. The van der Waals surface area contributed by atoms with Gasteiger partial charge in [0, 0.05) is 11.1 Å². The van der Waals surface area contributed by atoms with Crippen molar-refractivity contribution in [2.24, 2.45) is 0 Å². The molecule has 5 nitrogen and oxygen atoms in total. The number of hydrogen-bond acceptors (Lipinski definition) is 5. The van der Waals surface area contributed by atoms with Crippen LogP contribution < -0.4 is 0 Å². The number of fused-ring (bicyclic) bond motifs is 1. The van der Waals surface area contributed by atoms with Gasteiger partial charge in [-0.15, -0.1) is 0 Å². The van der Waals surface area contributed by atoms with Crippen molar-refractivity contribution >= 4 is 23.2 Å². The van der Waals surface area contributed by atoms with E-state index in [1.807, 2.05) is 25.1 Å². The number of aryl methyl sites for hydroxylation is 2. The number of hydrogen-bond donors (Lipinski definition) is 1. The summed E-state index contributed by atoms with van der Waals surface area (Å²) in [5.74, 6) is 0. The van der Waals surface area contributed by atoms with Gasteiger partial charge in [0.2, 0.25) is 0 Å². The third kappa shape index (κ3) is 3.94. The van der Waals surface area contributed by atoms with Crippen LogP contribution in [0.3, 0.4) is 0 Å². The highest BCUT2D eigenvalue weighted by atomic mass is 35.5. The summed E-state index contributed by atoms with van der Waals surface area (Å²) in [6.45, 7) is 4.24. The Labute approximate surface area is 174 Å². The van der Waals surface area contributed by atoms with Crippen molar-refractivity contribution in [3.63, 3.8) is 0 Å². The summed E-state index contributed by atoms with van der Waals surface area (Å²) < 4.78 is 24.0. The van der Waals surface area contributed by atoms with Crippen LogP contribution in [0.5, 0.6) is 0 Å². The van der Waals surface area contributed by atoms with Crippen LogP contribution in [0.25, 0.3) is 0 Å². The molecule has 2 unspecified atom stereocenters. The molecule has 2 heterocycles. The molecular formula is C21H22Cl2O5. The van der Waals surface area contributed by atoms with Crippen molar-refractivity contribution in [2.75, 3.05) is 13.2 Å². The van der Waals surface area contributed by atoms with E-state index in [2.05, 4.69) is 6.92 Å². The van der Waals surface area contributed by atoms with Crippen molar-refractivity contribution in [3.8, 4) is 0 Å². The van der Waals surface area contributed by atoms with Gasteiger partial charge in [-0.2, -0.15) is 0 Å². The Bertz CT molecular complexity index is 851. The molecule has 0 spiro atoms. The van der Waals surface area contributed by atoms with Crippen LogP contribution in [0.15, 0.2) is 36.4 Å². The lowest BCUT2D eigenvalue weighted by Gasteiger charge is -2.45. The van der Waals surface area contributed by atoms with Crippen molar-refractivity contribution in [1.82, 2.24) is 0 Å². The molecule has 28 heavy (non-hydrogen) atoms. The third-order valence-corrected chi connectivity index (χ3v) is 5.96.